The lowest BCUT2D eigenvalue weighted by molar-refractivity contribution is -0.148. The highest BCUT2D eigenvalue weighted by Gasteiger charge is 2.28. The molecule has 1 atom stereocenters. The summed E-state index contributed by atoms with van der Waals surface area (Å²) in [5.74, 6) is -0.746. The molecular weight excluding hydrogens is 468 g/mol. The lowest BCUT2D eigenvalue weighted by atomic mass is 9.92. The lowest BCUT2D eigenvalue weighted by Crippen LogP contribution is -2.48. The minimum Gasteiger partial charge on any atom is -0.489 e. The minimum atomic E-state index is -1.02. The van der Waals surface area contributed by atoms with E-state index in [4.69, 9.17) is 9.47 Å². The van der Waals surface area contributed by atoms with Gasteiger partial charge in [0, 0.05) is 43.9 Å². The Morgan fingerprint density at radius 3 is 2.30 bits per heavy atom. The van der Waals surface area contributed by atoms with Crippen LogP contribution in [-0.4, -0.2) is 79.3 Å². The van der Waals surface area contributed by atoms with Gasteiger partial charge >= 0.3 is 11.9 Å². The van der Waals surface area contributed by atoms with Gasteiger partial charge in [-0.2, -0.15) is 0 Å². The third-order valence-corrected chi connectivity index (χ3v) is 7.23. The highest BCUT2D eigenvalue weighted by molar-refractivity contribution is 5.99. The Kier molecular flexibility index (Phi) is 9.74. The van der Waals surface area contributed by atoms with Crippen molar-refractivity contribution in [2.45, 2.75) is 44.6 Å². The molecule has 1 fully saturated rings. The largest absolute Gasteiger partial charge is 0.489 e. The quantitative estimate of drug-likeness (QED) is 0.462. The number of benzene rings is 2. The van der Waals surface area contributed by atoms with E-state index in [-0.39, 0.29) is 12.2 Å². The second-order valence-corrected chi connectivity index (χ2v) is 10.0. The highest BCUT2D eigenvalue weighted by atomic mass is 16.6. The van der Waals surface area contributed by atoms with Crippen molar-refractivity contribution in [2.75, 3.05) is 46.4 Å². The van der Waals surface area contributed by atoms with Gasteiger partial charge in [-0.25, -0.2) is 9.59 Å². The van der Waals surface area contributed by atoms with Crippen LogP contribution in [-0.2, 0) is 27.2 Å². The van der Waals surface area contributed by atoms with Crippen LogP contribution in [0.1, 0.15) is 36.8 Å². The number of piperazine rings is 1. The van der Waals surface area contributed by atoms with Crippen molar-refractivity contribution in [3.05, 3.63) is 76.9 Å². The number of ether oxygens (including phenoxy) is 2. The van der Waals surface area contributed by atoms with Gasteiger partial charge in [-0.1, -0.05) is 48.5 Å². The van der Waals surface area contributed by atoms with Crippen LogP contribution in [0.3, 0.4) is 0 Å². The van der Waals surface area contributed by atoms with Gasteiger partial charge in [-0.3, -0.25) is 4.90 Å². The van der Waals surface area contributed by atoms with Gasteiger partial charge < -0.3 is 19.5 Å². The maximum absolute atomic E-state index is 13.1. The fourth-order valence-corrected chi connectivity index (χ4v) is 4.99. The summed E-state index contributed by atoms with van der Waals surface area (Å²) in [5.41, 5.74) is 2.89. The molecule has 7 nitrogen and oxygen atoms in total. The zero-order chi connectivity index (χ0) is 26.0. The first-order chi connectivity index (χ1) is 18.0. The van der Waals surface area contributed by atoms with Crippen molar-refractivity contribution in [2.24, 2.45) is 0 Å². The Balaban J connectivity index is 1.44. The summed E-state index contributed by atoms with van der Waals surface area (Å²) in [6, 6.07) is 18.4. The van der Waals surface area contributed by atoms with E-state index in [9.17, 15) is 14.7 Å². The number of hydrogen-bond acceptors (Lipinski definition) is 6. The number of carbonyl (C=O) groups excluding carboxylic acids is 1. The molecule has 2 aromatic carbocycles. The first-order valence-corrected chi connectivity index (χ1v) is 13.3. The number of rotatable bonds is 11. The molecule has 0 aromatic heterocycles. The molecule has 7 heteroatoms. The number of para-hydroxylation sites is 1. The van der Waals surface area contributed by atoms with Gasteiger partial charge in [-0.05, 0) is 62.8 Å². The normalized spacial score (nSPS) is 17.9. The second kappa shape index (κ2) is 13.4. The summed E-state index contributed by atoms with van der Waals surface area (Å²) in [4.78, 5) is 29.4. The lowest BCUT2D eigenvalue weighted by Gasteiger charge is -2.34. The highest BCUT2D eigenvalue weighted by Crippen LogP contribution is 2.27. The van der Waals surface area contributed by atoms with Crippen molar-refractivity contribution in [3.8, 4) is 5.75 Å². The number of hydrogen-bond donors (Lipinski definition) is 1. The predicted molar refractivity (Wildman–Crippen MR) is 143 cm³/mol. The summed E-state index contributed by atoms with van der Waals surface area (Å²) in [6.45, 7) is 4.47. The fraction of sp³-hybridized carbons (Fsp3) is 0.467. The summed E-state index contributed by atoms with van der Waals surface area (Å²) in [7, 11) is 2.10. The Labute approximate surface area is 219 Å². The van der Waals surface area contributed by atoms with E-state index in [1.54, 1.807) is 0 Å². The smallest absolute Gasteiger partial charge is 0.334 e. The first kappa shape index (κ1) is 26.9. The van der Waals surface area contributed by atoms with E-state index in [0.29, 0.717) is 25.0 Å². The standard InChI is InChI=1S/C30H38N2O5/c1-31-17-19-32(20-18-31)21-25(37-30(35)27-13-7-6-12-26(27)29(33)34)22-36-28-14-8-5-11-24(28)16-15-23-9-3-2-4-10-23/h2-5,8-11,14,25H,6-7,12-13,15-22H2,1H3,(H,33,34). The zero-order valence-electron chi connectivity index (χ0n) is 21.7. The van der Waals surface area contributed by atoms with Crippen LogP contribution in [0.4, 0.5) is 0 Å². The van der Waals surface area contributed by atoms with Crippen molar-refractivity contribution >= 4 is 11.9 Å². The SMILES string of the molecule is CN1CCN(CC(COc2ccccc2CCc2ccccc2)OC(=O)C2=C(C(=O)O)CCCC2)CC1. The van der Waals surface area contributed by atoms with Crippen LogP contribution in [0.15, 0.2) is 65.7 Å². The molecule has 0 spiro atoms. The topological polar surface area (TPSA) is 79.3 Å². The molecule has 2 aromatic rings. The van der Waals surface area contributed by atoms with Crippen LogP contribution < -0.4 is 4.74 Å². The summed E-state index contributed by atoms with van der Waals surface area (Å²) in [6.07, 6.45) is 3.70. The Morgan fingerprint density at radius 1 is 0.892 bits per heavy atom. The van der Waals surface area contributed by atoms with Gasteiger partial charge in [-0.15, -0.1) is 0 Å². The average Bonchev–Trinajstić information content (AvgIpc) is 2.92. The number of carbonyl (C=O) groups is 2. The molecule has 198 valence electrons. The molecule has 1 saturated heterocycles. The third-order valence-electron chi connectivity index (χ3n) is 7.23. The molecule has 0 radical (unpaired) electrons. The van der Waals surface area contributed by atoms with E-state index < -0.39 is 18.0 Å². The molecule has 0 amide bonds. The maximum Gasteiger partial charge on any atom is 0.334 e. The number of esters is 1. The van der Waals surface area contributed by atoms with E-state index in [1.807, 2.05) is 36.4 Å². The third kappa shape index (κ3) is 7.91. The van der Waals surface area contributed by atoms with Gasteiger partial charge in [0.15, 0.2) is 0 Å². The van der Waals surface area contributed by atoms with Crippen LogP contribution in [0.2, 0.25) is 0 Å². The van der Waals surface area contributed by atoms with Crippen LogP contribution >= 0.6 is 0 Å². The predicted octanol–water partition coefficient (Wildman–Crippen LogP) is 3.97. The monoisotopic (exact) mass is 506 g/mol. The minimum absolute atomic E-state index is 0.196. The summed E-state index contributed by atoms with van der Waals surface area (Å²) < 4.78 is 12.2. The zero-order valence-corrected chi connectivity index (χ0v) is 21.7. The number of aliphatic carboxylic acids is 1. The van der Waals surface area contributed by atoms with E-state index >= 15 is 0 Å². The summed E-state index contributed by atoms with van der Waals surface area (Å²) >= 11 is 0. The molecule has 37 heavy (non-hydrogen) atoms. The molecule has 1 heterocycles. The van der Waals surface area contributed by atoms with Gasteiger partial charge in [0.1, 0.15) is 18.5 Å². The molecule has 1 N–H and O–H groups in total. The van der Waals surface area contributed by atoms with Crippen molar-refractivity contribution in [1.82, 2.24) is 9.80 Å². The maximum atomic E-state index is 13.1. The second-order valence-electron chi connectivity index (χ2n) is 10.0. The van der Waals surface area contributed by atoms with Gasteiger partial charge in [0.25, 0.3) is 0 Å². The molecule has 1 unspecified atom stereocenters. The van der Waals surface area contributed by atoms with Gasteiger partial charge in [0.2, 0.25) is 0 Å². The van der Waals surface area contributed by atoms with E-state index in [0.717, 1.165) is 63.2 Å². The Bertz CT molecular complexity index is 1080. The molecule has 1 aliphatic carbocycles. The van der Waals surface area contributed by atoms with Crippen molar-refractivity contribution in [1.29, 1.82) is 0 Å². The van der Waals surface area contributed by atoms with Crippen molar-refractivity contribution in [3.63, 3.8) is 0 Å². The van der Waals surface area contributed by atoms with Gasteiger partial charge in [0.05, 0.1) is 0 Å². The summed E-state index contributed by atoms with van der Waals surface area (Å²) in [5, 5.41) is 9.59. The molecule has 0 saturated carbocycles. The Morgan fingerprint density at radius 2 is 1.57 bits per heavy atom. The molecule has 1 aliphatic heterocycles. The fourth-order valence-electron chi connectivity index (χ4n) is 4.99. The number of likely N-dealkylation sites (N-methyl/N-ethyl adjacent to an activating group) is 1. The number of aryl methyl sites for hydroxylation is 2. The van der Waals surface area contributed by atoms with Crippen LogP contribution in [0.25, 0.3) is 0 Å². The van der Waals surface area contributed by atoms with E-state index in [1.165, 1.54) is 5.56 Å². The van der Waals surface area contributed by atoms with Crippen LogP contribution in [0.5, 0.6) is 5.75 Å². The van der Waals surface area contributed by atoms with Crippen LogP contribution in [0, 0.1) is 0 Å². The molecular formula is C30H38N2O5. The first-order valence-electron chi connectivity index (χ1n) is 13.3. The number of nitrogens with zero attached hydrogens (tertiary/aromatic N) is 2. The van der Waals surface area contributed by atoms with E-state index in [2.05, 4.69) is 35.0 Å². The molecule has 4 rings (SSSR count). The molecule has 0 bridgehead atoms. The Hall–Kier alpha value is -3.16. The average molecular weight is 507 g/mol. The van der Waals surface area contributed by atoms with Crippen molar-refractivity contribution < 1.29 is 24.2 Å². The number of carboxylic acid groups (broad SMARTS) is 1. The molecule has 2 aliphatic rings. The number of carboxylic acids is 1.